The lowest BCUT2D eigenvalue weighted by molar-refractivity contribution is -0.124. The topological polar surface area (TPSA) is 97.6 Å². The SMILES string of the molecule is CCOC(=O)c1nc(CN2CCNCC2C(N)=O)cs1. The molecule has 0 spiro atoms. The van der Waals surface area contributed by atoms with E-state index in [1.165, 1.54) is 11.3 Å². The number of carbonyl (C=O) groups is 2. The maximum atomic E-state index is 11.6. The van der Waals surface area contributed by atoms with Crippen molar-refractivity contribution in [1.29, 1.82) is 0 Å². The zero-order chi connectivity index (χ0) is 14.5. The number of hydrogen-bond acceptors (Lipinski definition) is 7. The molecule has 0 radical (unpaired) electrons. The first kappa shape index (κ1) is 14.9. The van der Waals surface area contributed by atoms with Gasteiger partial charge in [-0.2, -0.15) is 0 Å². The molecule has 1 saturated heterocycles. The van der Waals surface area contributed by atoms with Crippen LogP contribution in [0.4, 0.5) is 0 Å². The normalized spacial score (nSPS) is 19.8. The summed E-state index contributed by atoms with van der Waals surface area (Å²) in [5.74, 6) is -0.756. The summed E-state index contributed by atoms with van der Waals surface area (Å²) in [6.45, 7) is 4.66. The summed E-state index contributed by atoms with van der Waals surface area (Å²) < 4.78 is 4.90. The number of nitrogens with zero attached hydrogens (tertiary/aromatic N) is 2. The summed E-state index contributed by atoms with van der Waals surface area (Å²) in [4.78, 5) is 29.2. The Morgan fingerprint density at radius 3 is 3.15 bits per heavy atom. The molecule has 7 nitrogen and oxygen atoms in total. The molecule has 0 bridgehead atoms. The molecule has 8 heteroatoms. The fourth-order valence-corrected chi connectivity index (χ4v) is 2.79. The highest BCUT2D eigenvalue weighted by molar-refractivity contribution is 7.11. The lowest BCUT2D eigenvalue weighted by Crippen LogP contribution is -2.56. The van der Waals surface area contributed by atoms with Crippen LogP contribution in [-0.4, -0.2) is 54.0 Å². The Bertz CT molecular complexity index is 491. The fourth-order valence-electron chi connectivity index (χ4n) is 2.09. The van der Waals surface area contributed by atoms with Gasteiger partial charge in [0.1, 0.15) is 6.04 Å². The second-order valence-electron chi connectivity index (χ2n) is 4.46. The van der Waals surface area contributed by atoms with Gasteiger partial charge in [0.2, 0.25) is 10.9 Å². The molecule has 0 saturated carbocycles. The van der Waals surface area contributed by atoms with Crippen molar-refractivity contribution in [1.82, 2.24) is 15.2 Å². The van der Waals surface area contributed by atoms with Crippen molar-refractivity contribution in [3.8, 4) is 0 Å². The van der Waals surface area contributed by atoms with E-state index in [9.17, 15) is 9.59 Å². The van der Waals surface area contributed by atoms with Gasteiger partial charge in [0.15, 0.2) is 0 Å². The van der Waals surface area contributed by atoms with E-state index in [4.69, 9.17) is 10.5 Å². The summed E-state index contributed by atoms with van der Waals surface area (Å²) in [7, 11) is 0. The van der Waals surface area contributed by atoms with E-state index in [1.54, 1.807) is 6.92 Å². The predicted molar refractivity (Wildman–Crippen MR) is 74.3 cm³/mol. The molecule has 1 aliphatic rings. The molecule has 1 atom stereocenters. The largest absolute Gasteiger partial charge is 0.461 e. The first-order valence-electron chi connectivity index (χ1n) is 6.47. The number of hydrogen-bond donors (Lipinski definition) is 2. The van der Waals surface area contributed by atoms with Crippen LogP contribution in [0, 0.1) is 0 Å². The molecule has 110 valence electrons. The minimum Gasteiger partial charge on any atom is -0.461 e. The van der Waals surface area contributed by atoms with Crippen molar-refractivity contribution in [2.24, 2.45) is 5.73 Å². The molecule has 1 aromatic rings. The summed E-state index contributed by atoms with van der Waals surface area (Å²) >= 11 is 1.25. The molecule has 1 fully saturated rings. The van der Waals surface area contributed by atoms with Crippen molar-refractivity contribution in [2.45, 2.75) is 19.5 Å². The average molecular weight is 298 g/mol. The van der Waals surface area contributed by atoms with Gasteiger partial charge in [-0.3, -0.25) is 9.69 Å². The Morgan fingerprint density at radius 1 is 1.65 bits per heavy atom. The van der Waals surface area contributed by atoms with Crippen molar-refractivity contribution >= 4 is 23.2 Å². The quantitative estimate of drug-likeness (QED) is 0.717. The van der Waals surface area contributed by atoms with Gasteiger partial charge < -0.3 is 15.8 Å². The number of aromatic nitrogens is 1. The standard InChI is InChI=1S/C12H18N4O3S/c1-2-19-12(18)11-15-8(7-20-11)6-16-4-3-14-5-9(16)10(13)17/h7,9,14H,2-6H2,1H3,(H2,13,17). The number of ether oxygens (including phenoxy) is 1. The number of rotatable bonds is 5. The van der Waals surface area contributed by atoms with Crippen LogP contribution in [0.25, 0.3) is 0 Å². The van der Waals surface area contributed by atoms with Gasteiger partial charge in [-0.1, -0.05) is 0 Å². The molecule has 0 aromatic carbocycles. The van der Waals surface area contributed by atoms with Crippen LogP contribution in [0.5, 0.6) is 0 Å². The highest BCUT2D eigenvalue weighted by Crippen LogP contribution is 2.15. The maximum Gasteiger partial charge on any atom is 0.367 e. The van der Waals surface area contributed by atoms with E-state index < -0.39 is 5.97 Å². The van der Waals surface area contributed by atoms with Crippen LogP contribution in [0.15, 0.2) is 5.38 Å². The molecule has 20 heavy (non-hydrogen) atoms. The van der Waals surface area contributed by atoms with Crippen LogP contribution < -0.4 is 11.1 Å². The highest BCUT2D eigenvalue weighted by Gasteiger charge is 2.27. The number of thiazole rings is 1. The first-order valence-corrected chi connectivity index (χ1v) is 7.35. The molecular formula is C12H18N4O3S. The van der Waals surface area contributed by atoms with E-state index in [0.29, 0.717) is 24.7 Å². The Morgan fingerprint density at radius 2 is 2.45 bits per heavy atom. The molecule has 1 amide bonds. The summed E-state index contributed by atoms with van der Waals surface area (Å²) in [6, 6.07) is -0.337. The van der Waals surface area contributed by atoms with Crippen molar-refractivity contribution in [3.05, 3.63) is 16.1 Å². The fraction of sp³-hybridized carbons (Fsp3) is 0.583. The Kier molecular flexibility index (Phi) is 5.05. The van der Waals surface area contributed by atoms with Crippen LogP contribution >= 0.6 is 11.3 Å². The van der Waals surface area contributed by atoms with Crippen molar-refractivity contribution < 1.29 is 14.3 Å². The van der Waals surface area contributed by atoms with Gasteiger partial charge >= 0.3 is 5.97 Å². The molecule has 1 unspecified atom stereocenters. The molecule has 2 rings (SSSR count). The van der Waals surface area contributed by atoms with Crippen LogP contribution in [0.3, 0.4) is 0 Å². The lowest BCUT2D eigenvalue weighted by Gasteiger charge is -2.33. The van der Waals surface area contributed by atoms with Gasteiger partial charge in [-0.15, -0.1) is 11.3 Å². The van der Waals surface area contributed by atoms with Crippen molar-refractivity contribution in [3.63, 3.8) is 0 Å². The number of amides is 1. The van der Waals surface area contributed by atoms with Crippen LogP contribution in [-0.2, 0) is 16.1 Å². The van der Waals surface area contributed by atoms with Gasteiger partial charge in [-0.05, 0) is 6.92 Å². The molecule has 1 aliphatic heterocycles. The second kappa shape index (κ2) is 6.78. The number of esters is 1. The molecule has 0 aliphatic carbocycles. The van der Waals surface area contributed by atoms with Crippen LogP contribution in [0.2, 0.25) is 0 Å². The smallest absolute Gasteiger partial charge is 0.367 e. The Labute approximate surface area is 121 Å². The number of piperazine rings is 1. The van der Waals surface area contributed by atoms with Gasteiger partial charge in [0, 0.05) is 31.6 Å². The number of carbonyl (C=O) groups excluding carboxylic acids is 2. The third kappa shape index (κ3) is 3.53. The summed E-state index contributed by atoms with van der Waals surface area (Å²) in [5.41, 5.74) is 6.15. The van der Waals surface area contributed by atoms with Crippen LogP contribution in [0.1, 0.15) is 22.4 Å². The Hall–Kier alpha value is -1.51. The average Bonchev–Trinajstić information content (AvgIpc) is 2.88. The zero-order valence-electron chi connectivity index (χ0n) is 11.3. The van der Waals surface area contributed by atoms with E-state index in [2.05, 4.69) is 10.3 Å². The Balaban J connectivity index is 2.01. The maximum absolute atomic E-state index is 11.6. The first-order chi connectivity index (χ1) is 9.61. The van der Waals surface area contributed by atoms with E-state index in [1.807, 2.05) is 10.3 Å². The molecule has 2 heterocycles. The van der Waals surface area contributed by atoms with Gasteiger partial charge in [0.05, 0.1) is 12.3 Å². The zero-order valence-corrected chi connectivity index (χ0v) is 12.1. The highest BCUT2D eigenvalue weighted by atomic mass is 32.1. The van der Waals surface area contributed by atoms with Gasteiger partial charge in [-0.25, -0.2) is 9.78 Å². The number of nitrogens with two attached hydrogens (primary N) is 1. The van der Waals surface area contributed by atoms with E-state index >= 15 is 0 Å². The molecule has 1 aromatic heterocycles. The number of primary amides is 1. The monoisotopic (exact) mass is 298 g/mol. The van der Waals surface area contributed by atoms with Gasteiger partial charge in [0.25, 0.3) is 0 Å². The minimum atomic E-state index is -0.407. The summed E-state index contributed by atoms with van der Waals surface area (Å²) in [5, 5.41) is 5.29. The lowest BCUT2D eigenvalue weighted by atomic mass is 10.1. The second-order valence-corrected chi connectivity index (χ2v) is 5.32. The third-order valence-corrected chi connectivity index (χ3v) is 3.92. The van der Waals surface area contributed by atoms with Crippen molar-refractivity contribution in [2.75, 3.05) is 26.2 Å². The van der Waals surface area contributed by atoms with E-state index in [0.717, 1.165) is 18.8 Å². The predicted octanol–water partition coefficient (Wildman–Crippen LogP) is -0.421. The summed E-state index contributed by atoms with van der Waals surface area (Å²) in [6.07, 6.45) is 0. The van der Waals surface area contributed by atoms with E-state index in [-0.39, 0.29) is 11.9 Å². The number of nitrogens with one attached hydrogen (secondary N) is 1. The third-order valence-electron chi connectivity index (χ3n) is 3.05. The molecule has 3 N–H and O–H groups in total. The molecular weight excluding hydrogens is 280 g/mol. The minimum absolute atomic E-state index is 0.329.